The number of aryl methyl sites for hydroxylation is 2. The van der Waals surface area contributed by atoms with Crippen LogP contribution in [0.4, 0.5) is 0 Å². The summed E-state index contributed by atoms with van der Waals surface area (Å²) in [4.78, 5) is 35.4. The van der Waals surface area contributed by atoms with Gasteiger partial charge in [0.15, 0.2) is 17.3 Å². The molecule has 34 heavy (non-hydrogen) atoms. The lowest BCUT2D eigenvalue weighted by atomic mass is 9.94. The van der Waals surface area contributed by atoms with Gasteiger partial charge in [-0.2, -0.15) is 0 Å². The van der Waals surface area contributed by atoms with Crippen LogP contribution in [0.1, 0.15) is 32.0 Å². The third-order valence-corrected chi connectivity index (χ3v) is 7.21. The van der Waals surface area contributed by atoms with Crippen molar-refractivity contribution < 1.29 is 28.9 Å². The number of thiazole rings is 1. The Kier molecular flexibility index (Phi) is 7.20. The van der Waals surface area contributed by atoms with E-state index in [2.05, 4.69) is 9.88 Å². The van der Waals surface area contributed by atoms with Crippen LogP contribution >= 0.6 is 11.3 Å². The second-order valence-electron chi connectivity index (χ2n) is 8.21. The van der Waals surface area contributed by atoms with Gasteiger partial charge in [0.2, 0.25) is 5.78 Å². The summed E-state index contributed by atoms with van der Waals surface area (Å²) in [6.07, 6.45) is 0. The molecule has 1 saturated heterocycles. The molecule has 1 amide bonds. The number of benzene rings is 1. The molecule has 1 N–H and O–H groups in total. The fourth-order valence-electron chi connectivity index (χ4n) is 4.42. The Hall–Kier alpha value is -2.95. The number of carbonyl (C=O) groups is 2. The Morgan fingerprint density at radius 2 is 1.88 bits per heavy atom. The molecule has 0 unspecified atom stereocenters. The minimum Gasteiger partial charge on any atom is -0.503 e. The maximum absolute atomic E-state index is 13.6. The number of hydrogen-bond acceptors (Lipinski definition) is 9. The number of aromatic nitrogens is 1. The first-order valence-corrected chi connectivity index (χ1v) is 11.9. The molecule has 2 aliphatic rings. The van der Waals surface area contributed by atoms with Gasteiger partial charge in [-0.25, -0.2) is 4.98 Å². The van der Waals surface area contributed by atoms with Crippen LogP contribution in [-0.4, -0.2) is 85.2 Å². The molecule has 1 aromatic heterocycles. The van der Waals surface area contributed by atoms with E-state index >= 15 is 0 Å². The smallest absolute Gasteiger partial charge is 0.290 e. The topological polar surface area (TPSA) is 101 Å². The fraction of sp³-hybridized carbons (Fsp3) is 0.458. The molecule has 1 atom stereocenters. The van der Waals surface area contributed by atoms with Gasteiger partial charge in [0.05, 0.1) is 54.6 Å². The number of carbonyl (C=O) groups excluding carboxylic acids is 2. The molecule has 2 aromatic rings. The zero-order chi connectivity index (χ0) is 24.4. The van der Waals surface area contributed by atoms with Crippen LogP contribution in [0, 0.1) is 13.8 Å². The van der Waals surface area contributed by atoms with E-state index in [1.54, 1.807) is 37.1 Å². The molecule has 0 radical (unpaired) electrons. The van der Waals surface area contributed by atoms with Crippen LogP contribution in [0.5, 0.6) is 11.5 Å². The van der Waals surface area contributed by atoms with Crippen LogP contribution in [0.15, 0.2) is 29.5 Å². The second kappa shape index (κ2) is 10.1. The lowest BCUT2D eigenvalue weighted by molar-refractivity contribution is -0.129. The lowest BCUT2D eigenvalue weighted by Crippen LogP contribution is -2.43. The standard InChI is InChI=1S/C24H29N3O6S/c1-14-23(34-15(2)25-14)21(28)19-20(16-5-6-17(31-3)18(13-16)32-4)27(24(30)22(19)29)8-7-26-9-11-33-12-10-26/h5-6,13,20,29H,7-12H2,1-4H3/t20-/m1/s1. The van der Waals surface area contributed by atoms with Crippen molar-refractivity contribution in [1.29, 1.82) is 0 Å². The fourth-order valence-corrected chi connectivity index (χ4v) is 5.30. The highest BCUT2D eigenvalue weighted by molar-refractivity contribution is 7.14. The van der Waals surface area contributed by atoms with Crippen molar-refractivity contribution in [3.63, 3.8) is 0 Å². The van der Waals surface area contributed by atoms with Gasteiger partial charge < -0.3 is 24.2 Å². The summed E-state index contributed by atoms with van der Waals surface area (Å²) in [6, 6.07) is 4.51. The van der Waals surface area contributed by atoms with E-state index in [1.807, 2.05) is 6.92 Å². The highest BCUT2D eigenvalue weighted by Gasteiger charge is 2.44. The Labute approximate surface area is 202 Å². The van der Waals surface area contributed by atoms with Gasteiger partial charge in [-0.05, 0) is 31.5 Å². The van der Waals surface area contributed by atoms with Crippen molar-refractivity contribution in [2.45, 2.75) is 19.9 Å². The highest BCUT2D eigenvalue weighted by atomic mass is 32.1. The Bertz CT molecular complexity index is 1120. The second-order valence-corrected chi connectivity index (χ2v) is 9.41. The number of morpholine rings is 1. The van der Waals surface area contributed by atoms with E-state index in [0.29, 0.717) is 53.9 Å². The van der Waals surface area contributed by atoms with Gasteiger partial charge in [0, 0.05) is 26.2 Å². The lowest BCUT2D eigenvalue weighted by Gasteiger charge is -2.31. The van der Waals surface area contributed by atoms with Crippen molar-refractivity contribution in [2.75, 3.05) is 53.6 Å². The molecule has 0 aliphatic carbocycles. The van der Waals surface area contributed by atoms with E-state index in [9.17, 15) is 14.7 Å². The summed E-state index contributed by atoms with van der Waals surface area (Å²) in [7, 11) is 3.07. The van der Waals surface area contributed by atoms with Crippen LogP contribution in [0.3, 0.4) is 0 Å². The summed E-state index contributed by atoms with van der Waals surface area (Å²) in [5.74, 6) is -0.455. The molecular formula is C24H29N3O6S. The zero-order valence-corrected chi connectivity index (χ0v) is 20.6. The number of ketones is 1. The number of aliphatic hydroxyl groups is 1. The van der Waals surface area contributed by atoms with Crippen LogP contribution in [0.25, 0.3) is 0 Å². The molecule has 182 valence electrons. The number of ether oxygens (including phenoxy) is 3. The molecule has 10 heteroatoms. The van der Waals surface area contributed by atoms with E-state index in [-0.39, 0.29) is 11.4 Å². The molecule has 4 rings (SSSR count). The predicted octanol–water partition coefficient (Wildman–Crippen LogP) is 2.69. The Morgan fingerprint density at radius 3 is 2.50 bits per heavy atom. The number of Topliss-reactive ketones (excluding diaryl/α,β-unsaturated/α-hetero) is 1. The summed E-state index contributed by atoms with van der Waals surface area (Å²) < 4.78 is 16.2. The molecule has 9 nitrogen and oxygen atoms in total. The van der Waals surface area contributed by atoms with Gasteiger partial charge in [-0.15, -0.1) is 11.3 Å². The first kappa shape index (κ1) is 24.2. The van der Waals surface area contributed by atoms with Crippen LogP contribution in [0.2, 0.25) is 0 Å². The maximum Gasteiger partial charge on any atom is 0.290 e. The normalized spacial score (nSPS) is 19.1. The first-order chi connectivity index (χ1) is 16.3. The van der Waals surface area contributed by atoms with Gasteiger partial charge in [0.25, 0.3) is 5.91 Å². The van der Waals surface area contributed by atoms with Gasteiger partial charge in [-0.3, -0.25) is 14.5 Å². The van der Waals surface area contributed by atoms with Gasteiger partial charge in [-0.1, -0.05) is 6.07 Å². The van der Waals surface area contributed by atoms with Crippen LogP contribution in [-0.2, 0) is 9.53 Å². The molecule has 0 saturated carbocycles. The Morgan fingerprint density at radius 1 is 1.18 bits per heavy atom. The SMILES string of the molecule is COc1ccc([C@@H]2C(C(=O)c3sc(C)nc3C)=C(O)C(=O)N2CCN2CCOCC2)cc1OC. The number of methoxy groups -OCH3 is 2. The summed E-state index contributed by atoms with van der Waals surface area (Å²) in [5, 5.41) is 11.7. The van der Waals surface area contributed by atoms with Gasteiger partial charge in [0.1, 0.15) is 0 Å². The van der Waals surface area contributed by atoms with E-state index in [4.69, 9.17) is 14.2 Å². The largest absolute Gasteiger partial charge is 0.503 e. The first-order valence-electron chi connectivity index (χ1n) is 11.1. The third kappa shape index (κ3) is 4.53. The van der Waals surface area contributed by atoms with Gasteiger partial charge >= 0.3 is 0 Å². The van der Waals surface area contributed by atoms with Crippen molar-refractivity contribution in [2.24, 2.45) is 0 Å². The molecule has 1 fully saturated rings. The number of hydrogen-bond donors (Lipinski definition) is 1. The predicted molar refractivity (Wildman–Crippen MR) is 127 cm³/mol. The molecule has 2 aliphatic heterocycles. The minimum absolute atomic E-state index is 0.0611. The van der Waals surface area contributed by atoms with Crippen molar-refractivity contribution >= 4 is 23.0 Å². The van der Waals surface area contributed by atoms with Crippen molar-refractivity contribution in [3.05, 3.63) is 50.7 Å². The van der Waals surface area contributed by atoms with E-state index < -0.39 is 17.7 Å². The highest BCUT2D eigenvalue weighted by Crippen LogP contribution is 2.42. The number of amides is 1. The average molecular weight is 488 g/mol. The number of rotatable bonds is 8. The molecule has 3 heterocycles. The average Bonchev–Trinajstić information content (AvgIpc) is 3.32. The zero-order valence-electron chi connectivity index (χ0n) is 19.8. The molecule has 1 aromatic carbocycles. The van der Waals surface area contributed by atoms with E-state index in [0.717, 1.165) is 18.1 Å². The quantitative estimate of drug-likeness (QED) is 0.567. The number of nitrogens with zero attached hydrogens (tertiary/aromatic N) is 3. The Balaban J connectivity index is 1.74. The maximum atomic E-state index is 13.6. The summed E-state index contributed by atoms with van der Waals surface area (Å²) in [6.45, 7) is 7.36. The minimum atomic E-state index is -0.761. The molecular weight excluding hydrogens is 458 g/mol. The van der Waals surface area contributed by atoms with Crippen molar-refractivity contribution in [1.82, 2.24) is 14.8 Å². The summed E-state index contributed by atoms with van der Waals surface area (Å²) >= 11 is 1.26. The molecule has 0 bridgehead atoms. The van der Waals surface area contributed by atoms with Crippen molar-refractivity contribution in [3.8, 4) is 11.5 Å². The van der Waals surface area contributed by atoms with Crippen LogP contribution < -0.4 is 9.47 Å². The molecule has 0 spiro atoms. The van der Waals surface area contributed by atoms with E-state index in [1.165, 1.54) is 18.4 Å². The third-order valence-electron chi connectivity index (χ3n) is 6.14. The monoisotopic (exact) mass is 487 g/mol. The number of aliphatic hydroxyl groups excluding tert-OH is 1. The summed E-state index contributed by atoms with van der Waals surface area (Å²) in [5.41, 5.74) is 1.29.